The first-order valence-electron chi connectivity index (χ1n) is 5.92. The summed E-state index contributed by atoms with van der Waals surface area (Å²) in [7, 11) is 0. The van der Waals surface area contributed by atoms with Gasteiger partial charge in [-0.15, -0.1) is 0 Å². The molecule has 82 valence electrons. The molecule has 0 aliphatic heterocycles. The Kier molecular flexibility index (Phi) is 4.61. The third kappa shape index (κ3) is 3.54. The predicted molar refractivity (Wildman–Crippen MR) is 68.3 cm³/mol. The maximum absolute atomic E-state index is 4.05. The molecule has 0 fully saturated rings. The largest absolute Gasteiger partial charge is 0.0999 e. The third-order valence-corrected chi connectivity index (χ3v) is 3.06. The summed E-state index contributed by atoms with van der Waals surface area (Å²) in [5.74, 6) is 0. The topological polar surface area (TPSA) is 0 Å². The Balaban J connectivity index is 2.66. The van der Waals surface area contributed by atoms with Crippen molar-refractivity contribution in [2.45, 2.75) is 46.5 Å². The highest BCUT2D eigenvalue weighted by Crippen LogP contribution is 2.15. The molecule has 0 heterocycles. The van der Waals surface area contributed by atoms with Crippen LogP contribution in [0.4, 0.5) is 0 Å². The third-order valence-electron chi connectivity index (χ3n) is 3.06. The second kappa shape index (κ2) is 5.75. The van der Waals surface area contributed by atoms with Crippen molar-refractivity contribution in [3.8, 4) is 0 Å². The second-order valence-electron chi connectivity index (χ2n) is 4.22. The fourth-order valence-electron chi connectivity index (χ4n) is 1.76. The first-order chi connectivity index (χ1) is 7.17. The van der Waals surface area contributed by atoms with Crippen LogP contribution in [-0.2, 0) is 12.8 Å². The van der Waals surface area contributed by atoms with Crippen molar-refractivity contribution in [1.29, 1.82) is 0 Å². The van der Waals surface area contributed by atoms with Crippen molar-refractivity contribution in [1.82, 2.24) is 0 Å². The minimum Gasteiger partial charge on any atom is -0.0999 e. The number of aryl methyl sites for hydroxylation is 3. The number of hydrogen-bond acceptors (Lipinski definition) is 0. The van der Waals surface area contributed by atoms with E-state index in [2.05, 4.69) is 45.5 Å². The summed E-state index contributed by atoms with van der Waals surface area (Å²) in [4.78, 5) is 0. The SMILES string of the molecule is C=C(CC)CCc1ccc(C)c(CC)c1. The van der Waals surface area contributed by atoms with Crippen molar-refractivity contribution in [2.75, 3.05) is 0 Å². The van der Waals surface area contributed by atoms with Crippen molar-refractivity contribution in [3.63, 3.8) is 0 Å². The minimum atomic E-state index is 1.10. The van der Waals surface area contributed by atoms with Gasteiger partial charge in [0.15, 0.2) is 0 Å². The van der Waals surface area contributed by atoms with Crippen LogP contribution in [0.2, 0.25) is 0 Å². The van der Waals surface area contributed by atoms with Gasteiger partial charge in [-0.3, -0.25) is 0 Å². The molecule has 0 spiro atoms. The molecule has 1 aromatic rings. The van der Waals surface area contributed by atoms with Crippen LogP contribution in [0.1, 0.15) is 43.4 Å². The Morgan fingerprint density at radius 3 is 2.60 bits per heavy atom. The van der Waals surface area contributed by atoms with Crippen molar-refractivity contribution >= 4 is 0 Å². The smallest absolute Gasteiger partial charge is 0.0241 e. The van der Waals surface area contributed by atoms with Crippen molar-refractivity contribution in [2.24, 2.45) is 0 Å². The van der Waals surface area contributed by atoms with Gasteiger partial charge < -0.3 is 0 Å². The average molecular weight is 202 g/mol. The van der Waals surface area contributed by atoms with E-state index >= 15 is 0 Å². The van der Waals surface area contributed by atoms with Crippen LogP contribution < -0.4 is 0 Å². The summed E-state index contributed by atoms with van der Waals surface area (Å²) in [6, 6.07) is 6.83. The number of rotatable bonds is 5. The van der Waals surface area contributed by atoms with Gasteiger partial charge >= 0.3 is 0 Å². The molecule has 1 rings (SSSR count). The molecule has 0 aromatic heterocycles. The van der Waals surface area contributed by atoms with E-state index in [0.717, 1.165) is 25.7 Å². The summed E-state index contributed by atoms with van der Waals surface area (Å²) in [6.07, 6.45) is 4.50. The van der Waals surface area contributed by atoms with Gasteiger partial charge in [0.25, 0.3) is 0 Å². The molecule has 0 radical (unpaired) electrons. The Morgan fingerprint density at radius 1 is 1.27 bits per heavy atom. The molecule has 0 aliphatic rings. The minimum absolute atomic E-state index is 1.10. The van der Waals surface area contributed by atoms with Crippen LogP contribution in [0, 0.1) is 6.92 Å². The highest BCUT2D eigenvalue weighted by Gasteiger charge is 1.99. The molecular weight excluding hydrogens is 180 g/mol. The molecule has 0 aliphatic carbocycles. The van der Waals surface area contributed by atoms with E-state index < -0.39 is 0 Å². The van der Waals surface area contributed by atoms with Gasteiger partial charge in [-0.05, 0) is 49.3 Å². The fraction of sp³-hybridized carbons (Fsp3) is 0.467. The normalized spacial score (nSPS) is 10.3. The van der Waals surface area contributed by atoms with Gasteiger partial charge in [0, 0.05) is 0 Å². The van der Waals surface area contributed by atoms with Crippen LogP contribution >= 0.6 is 0 Å². The molecule has 1 aromatic carbocycles. The quantitative estimate of drug-likeness (QED) is 0.618. The molecule has 0 bridgehead atoms. The number of hydrogen-bond donors (Lipinski definition) is 0. The summed E-state index contributed by atoms with van der Waals surface area (Å²) >= 11 is 0. The van der Waals surface area contributed by atoms with E-state index in [1.807, 2.05) is 0 Å². The van der Waals surface area contributed by atoms with E-state index in [1.165, 1.54) is 22.3 Å². The van der Waals surface area contributed by atoms with Crippen molar-refractivity contribution < 1.29 is 0 Å². The lowest BCUT2D eigenvalue weighted by Crippen LogP contribution is -1.92. The molecule has 0 saturated heterocycles. The Hall–Kier alpha value is -1.04. The molecule has 15 heavy (non-hydrogen) atoms. The van der Waals surface area contributed by atoms with E-state index in [0.29, 0.717) is 0 Å². The lowest BCUT2D eigenvalue weighted by Gasteiger charge is -2.07. The van der Waals surface area contributed by atoms with Gasteiger partial charge in [-0.25, -0.2) is 0 Å². The Labute approximate surface area is 94.0 Å². The molecule has 0 heteroatoms. The van der Waals surface area contributed by atoms with Gasteiger partial charge in [0.05, 0.1) is 0 Å². The second-order valence-corrected chi connectivity index (χ2v) is 4.22. The first-order valence-corrected chi connectivity index (χ1v) is 5.92. The standard InChI is InChI=1S/C15H22/c1-5-12(3)7-9-14-10-8-13(4)15(6-2)11-14/h8,10-11H,3,5-7,9H2,1-2,4H3. The summed E-state index contributed by atoms with van der Waals surface area (Å²) < 4.78 is 0. The fourth-order valence-corrected chi connectivity index (χ4v) is 1.76. The summed E-state index contributed by atoms with van der Waals surface area (Å²) in [6.45, 7) is 10.6. The van der Waals surface area contributed by atoms with Crippen molar-refractivity contribution in [3.05, 3.63) is 47.0 Å². The van der Waals surface area contributed by atoms with Crippen LogP contribution in [0.3, 0.4) is 0 Å². The maximum atomic E-state index is 4.05. The van der Waals surface area contributed by atoms with E-state index in [1.54, 1.807) is 0 Å². The van der Waals surface area contributed by atoms with Gasteiger partial charge in [0.1, 0.15) is 0 Å². The molecule has 0 N–H and O–H groups in total. The molecular formula is C15H22. The van der Waals surface area contributed by atoms with E-state index in [9.17, 15) is 0 Å². The summed E-state index contributed by atoms with van der Waals surface area (Å²) in [5, 5.41) is 0. The molecule has 0 amide bonds. The van der Waals surface area contributed by atoms with Gasteiger partial charge in [-0.1, -0.05) is 44.2 Å². The number of allylic oxidation sites excluding steroid dienone is 1. The predicted octanol–water partition coefficient (Wildman–Crippen LogP) is 4.46. The molecule has 0 atom stereocenters. The van der Waals surface area contributed by atoms with Crippen LogP contribution in [0.25, 0.3) is 0 Å². The Bertz CT molecular complexity index is 334. The molecule has 0 nitrogen and oxygen atoms in total. The lowest BCUT2D eigenvalue weighted by atomic mass is 9.98. The van der Waals surface area contributed by atoms with Gasteiger partial charge in [-0.2, -0.15) is 0 Å². The zero-order valence-corrected chi connectivity index (χ0v) is 10.3. The monoisotopic (exact) mass is 202 g/mol. The van der Waals surface area contributed by atoms with Crippen LogP contribution in [-0.4, -0.2) is 0 Å². The van der Waals surface area contributed by atoms with Gasteiger partial charge in [0.2, 0.25) is 0 Å². The maximum Gasteiger partial charge on any atom is -0.0241 e. The number of benzene rings is 1. The zero-order chi connectivity index (χ0) is 11.3. The Morgan fingerprint density at radius 2 is 2.00 bits per heavy atom. The molecule has 0 unspecified atom stereocenters. The average Bonchev–Trinajstić information content (AvgIpc) is 2.27. The van der Waals surface area contributed by atoms with E-state index in [-0.39, 0.29) is 0 Å². The van der Waals surface area contributed by atoms with E-state index in [4.69, 9.17) is 0 Å². The molecule has 0 saturated carbocycles. The van der Waals surface area contributed by atoms with Crippen LogP contribution in [0.5, 0.6) is 0 Å². The lowest BCUT2D eigenvalue weighted by molar-refractivity contribution is 0.886. The summed E-state index contributed by atoms with van der Waals surface area (Å²) in [5.41, 5.74) is 5.70. The highest BCUT2D eigenvalue weighted by atomic mass is 14.0. The zero-order valence-electron chi connectivity index (χ0n) is 10.3. The van der Waals surface area contributed by atoms with Crippen LogP contribution in [0.15, 0.2) is 30.4 Å². The first kappa shape index (κ1) is 12.0. The highest BCUT2D eigenvalue weighted by molar-refractivity contribution is 5.31.